The monoisotopic (exact) mass is 368 g/mol. The molecule has 136 valence electrons. The average molecular weight is 368 g/mol. The highest BCUT2D eigenvalue weighted by Gasteiger charge is 2.58. The lowest BCUT2D eigenvalue weighted by atomic mass is 9.74. The van der Waals surface area contributed by atoms with Crippen molar-refractivity contribution < 1.29 is 54.3 Å². The first-order chi connectivity index (χ1) is 10.7. The molecule has 12 heteroatoms. The summed E-state index contributed by atoms with van der Waals surface area (Å²) in [5, 5.41) is 0. The molecule has 0 amide bonds. The van der Waals surface area contributed by atoms with E-state index >= 15 is 0 Å². The Balaban J connectivity index is 3.01. The summed E-state index contributed by atoms with van der Waals surface area (Å²) in [6, 6.07) is 0. The average Bonchev–Trinajstić information content (AvgIpc) is 2.47. The highest BCUT2D eigenvalue weighted by molar-refractivity contribution is 6.17. The van der Waals surface area contributed by atoms with Crippen molar-refractivity contribution in [1.29, 1.82) is 0 Å². The third kappa shape index (κ3) is 3.46. The number of carbonyl (C=O) groups is 4. The minimum absolute atomic E-state index is 1.52. The third-order valence-electron chi connectivity index (χ3n) is 3.43. The molecule has 2 atom stereocenters. The van der Waals surface area contributed by atoms with Crippen molar-refractivity contribution in [2.45, 2.75) is 37.5 Å². The van der Waals surface area contributed by atoms with Crippen LogP contribution in [0.5, 0.6) is 0 Å². The number of rotatable bonds is 6. The van der Waals surface area contributed by atoms with Crippen LogP contribution in [-0.4, -0.2) is 47.8 Å². The van der Waals surface area contributed by atoms with Gasteiger partial charge in [-0.05, 0) is 0 Å². The number of carbonyl (C=O) groups excluding carboxylic acids is 4. The second kappa shape index (κ2) is 6.55. The molecule has 0 aromatic heterocycles. The Hall–Kier alpha value is -1.88. The molecule has 24 heavy (non-hydrogen) atoms. The van der Waals surface area contributed by atoms with Crippen LogP contribution in [0.25, 0.3) is 0 Å². The molecule has 0 aliphatic heterocycles. The first-order valence-electron chi connectivity index (χ1n) is 6.20. The largest absolute Gasteiger partial charge is 0.365 e. The first kappa shape index (κ1) is 20.2. The van der Waals surface area contributed by atoms with E-state index in [0.717, 1.165) is 0 Å². The maximum atomic E-state index is 12.9. The molecular formula is C12H8F8O4. The molecule has 0 aromatic rings. The van der Waals surface area contributed by atoms with Crippen molar-refractivity contribution >= 4 is 23.1 Å². The van der Waals surface area contributed by atoms with Gasteiger partial charge in [0.25, 0.3) is 0 Å². The van der Waals surface area contributed by atoms with Crippen LogP contribution in [0.15, 0.2) is 0 Å². The van der Waals surface area contributed by atoms with Gasteiger partial charge in [0.2, 0.25) is 11.6 Å². The van der Waals surface area contributed by atoms with Crippen LogP contribution < -0.4 is 0 Å². The molecule has 2 unspecified atom stereocenters. The van der Waals surface area contributed by atoms with E-state index in [1.54, 1.807) is 0 Å². The fourth-order valence-electron chi connectivity index (χ4n) is 2.07. The second-order valence-corrected chi connectivity index (χ2v) is 5.02. The van der Waals surface area contributed by atoms with E-state index in [9.17, 15) is 54.3 Å². The van der Waals surface area contributed by atoms with Crippen molar-refractivity contribution in [3.05, 3.63) is 0 Å². The van der Waals surface area contributed by atoms with Crippen LogP contribution in [0, 0.1) is 11.8 Å². The van der Waals surface area contributed by atoms with Gasteiger partial charge in [-0.2, -0.15) is 17.6 Å². The lowest BCUT2D eigenvalue weighted by molar-refractivity contribution is -0.179. The Kier molecular flexibility index (Phi) is 5.51. The molecule has 0 aromatic carbocycles. The van der Waals surface area contributed by atoms with Gasteiger partial charge in [-0.15, -0.1) is 0 Å². The molecule has 1 aliphatic rings. The van der Waals surface area contributed by atoms with E-state index in [1.165, 1.54) is 0 Å². The predicted octanol–water partition coefficient (Wildman–Crippen LogP) is 2.09. The minimum atomic E-state index is -5.26. The fourth-order valence-corrected chi connectivity index (χ4v) is 2.07. The molecule has 1 aliphatic carbocycles. The minimum Gasteiger partial charge on any atom is -0.299 e. The first-order valence-corrected chi connectivity index (χ1v) is 6.20. The van der Waals surface area contributed by atoms with E-state index in [2.05, 4.69) is 0 Å². The van der Waals surface area contributed by atoms with E-state index in [0.29, 0.717) is 0 Å². The predicted molar refractivity (Wildman–Crippen MR) is 58.1 cm³/mol. The van der Waals surface area contributed by atoms with E-state index in [-0.39, 0.29) is 0 Å². The Morgan fingerprint density at radius 1 is 0.750 bits per heavy atom. The molecule has 0 bridgehead atoms. The van der Waals surface area contributed by atoms with Crippen LogP contribution >= 0.6 is 0 Å². The zero-order chi connectivity index (χ0) is 19.0. The van der Waals surface area contributed by atoms with Gasteiger partial charge in [0.05, 0.1) is 11.8 Å². The van der Waals surface area contributed by atoms with Gasteiger partial charge >= 0.3 is 24.7 Å². The van der Waals surface area contributed by atoms with Gasteiger partial charge < -0.3 is 0 Å². The van der Waals surface area contributed by atoms with E-state index in [4.69, 9.17) is 0 Å². The number of ketones is 4. The topological polar surface area (TPSA) is 68.3 Å². The molecule has 1 fully saturated rings. The van der Waals surface area contributed by atoms with Crippen molar-refractivity contribution in [2.24, 2.45) is 11.8 Å². The van der Waals surface area contributed by atoms with Crippen LogP contribution in [0.1, 0.15) is 12.8 Å². The summed E-state index contributed by atoms with van der Waals surface area (Å²) in [4.78, 5) is 45.5. The van der Waals surface area contributed by atoms with Gasteiger partial charge in [-0.1, -0.05) is 0 Å². The third-order valence-corrected chi connectivity index (χ3v) is 3.43. The zero-order valence-electron chi connectivity index (χ0n) is 11.4. The maximum absolute atomic E-state index is 12.9. The van der Waals surface area contributed by atoms with Gasteiger partial charge in [0, 0.05) is 12.8 Å². The summed E-state index contributed by atoms with van der Waals surface area (Å²) in [6.45, 7) is 0. The summed E-state index contributed by atoms with van der Waals surface area (Å²) in [7, 11) is 0. The summed E-state index contributed by atoms with van der Waals surface area (Å²) in [6.07, 6.45) is -12.0. The van der Waals surface area contributed by atoms with E-state index in [1.807, 2.05) is 0 Å². The Morgan fingerprint density at radius 2 is 1.00 bits per heavy atom. The van der Waals surface area contributed by atoms with Crippen molar-refractivity contribution in [3.8, 4) is 0 Å². The number of halogens is 8. The zero-order valence-corrected chi connectivity index (χ0v) is 11.4. The Morgan fingerprint density at radius 3 is 1.21 bits per heavy atom. The van der Waals surface area contributed by atoms with Gasteiger partial charge in [0.1, 0.15) is 11.6 Å². The molecule has 4 nitrogen and oxygen atoms in total. The quantitative estimate of drug-likeness (QED) is 0.532. The smallest absolute Gasteiger partial charge is 0.299 e. The molecule has 1 rings (SSSR count). The fraction of sp³-hybridized carbons (Fsp3) is 0.667. The van der Waals surface area contributed by atoms with Gasteiger partial charge in [0.15, 0.2) is 0 Å². The molecule has 0 radical (unpaired) electrons. The molecule has 0 N–H and O–H groups in total. The van der Waals surface area contributed by atoms with Crippen molar-refractivity contribution in [3.63, 3.8) is 0 Å². The van der Waals surface area contributed by atoms with Crippen molar-refractivity contribution in [2.75, 3.05) is 0 Å². The molecule has 0 heterocycles. The normalized spacial score (nSPS) is 23.1. The van der Waals surface area contributed by atoms with Gasteiger partial charge in [-0.3, -0.25) is 19.2 Å². The Labute approximate surface area is 128 Å². The highest BCUT2D eigenvalue weighted by atomic mass is 19.3. The van der Waals surface area contributed by atoms with Crippen LogP contribution in [0.2, 0.25) is 0 Å². The summed E-state index contributed by atoms with van der Waals surface area (Å²) in [5.74, 6) is -24.1. The lowest BCUT2D eigenvalue weighted by Crippen LogP contribution is -2.51. The molecule has 0 spiro atoms. The lowest BCUT2D eigenvalue weighted by Gasteiger charge is -2.28. The number of hydrogen-bond donors (Lipinski definition) is 0. The number of alkyl halides is 8. The highest BCUT2D eigenvalue weighted by Crippen LogP contribution is 2.36. The molecule has 1 saturated carbocycles. The van der Waals surface area contributed by atoms with E-state index < -0.39 is 72.5 Å². The summed E-state index contributed by atoms with van der Waals surface area (Å²) in [5.41, 5.74) is 0. The number of hydrogen-bond acceptors (Lipinski definition) is 4. The maximum Gasteiger partial charge on any atom is 0.365 e. The summed E-state index contributed by atoms with van der Waals surface area (Å²) >= 11 is 0. The second-order valence-electron chi connectivity index (χ2n) is 5.02. The van der Waals surface area contributed by atoms with Crippen molar-refractivity contribution in [1.82, 2.24) is 0 Å². The summed E-state index contributed by atoms with van der Waals surface area (Å²) < 4.78 is 100. The Bertz CT molecular complexity index is 521. The molecule has 0 saturated heterocycles. The molecular weight excluding hydrogens is 360 g/mol. The van der Waals surface area contributed by atoms with Crippen LogP contribution in [0.3, 0.4) is 0 Å². The number of Topliss-reactive ketones (excluding diaryl/α,β-unsaturated/α-hetero) is 4. The van der Waals surface area contributed by atoms with Gasteiger partial charge in [-0.25, -0.2) is 17.6 Å². The SMILES string of the molecule is O=C1CC(C(=O)C(F)(F)C(F)F)C(=O)CC1C(=O)C(F)(F)C(F)F. The standard InChI is InChI=1S/C12H8F8O4/c13-9(14)11(17,18)7(23)3-1-5(21)4(2-6(3)22)8(24)12(19,20)10(15)16/h3-4,9-10H,1-2H2. The van der Waals surface area contributed by atoms with Crippen LogP contribution in [0.4, 0.5) is 35.1 Å². The van der Waals surface area contributed by atoms with Crippen LogP contribution in [-0.2, 0) is 19.2 Å².